The van der Waals surface area contributed by atoms with E-state index in [0.29, 0.717) is 19.4 Å². The van der Waals surface area contributed by atoms with Crippen molar-refractivity contribution in [3.8, 4) is 0 Å². The fourth-order valence-electron chi connectivity index (χ4n) is 4.18. The van der Waals surface area contributed by atoms with Gasteiger partial charge in [-0.1, -0.05) is 60.7 Å². The fraction of sp³-hybridized carbons (Fsp3) is 0.483. The average Bonchev–Trinajstić information content (AvgIpc) is 2.91. The predicted molar refractivity (Wildman–Crippen MR) is 141 cm³/mol. The summed E-state index contributed by atoms with van der Waals surface area (Å²) in [5, 5.41) is 13.0. The summed E-state index contributed by atoms with van der Waals surface area (Å²) in [6.07, 6.45) is 0.305. The molecule has 1 aliphatic rings. The SMILES string of the molecule is CC(C)(C)OC(=O)N1CCCC(CO)(C(=O)N[C@@H](COCc2ccccc2)C(=O)OCc2ccccc2)C1. The van der Waals surface area contributed by atoms with Gasteiger partial charge in [0.25, 0.3) is 0 Å². The monoisotopic (exact) mass is 526 g/mol. The Labute approximate surface area is 224 Å². The van der Waals surface area contributed by atoms with Gasteiger partial charge in [0.1, 0.15) is 12.2 Å². The van der Waals surface area contributed by atoms with E-state index >= 15 is 0 Å². The maximum atomic E-state index is 13.5. The van der Waals surface area contributed by atoms with Gasteiger partial charge in [-0.3, -0.25) is 4.79 Å². The van der Waals surface area contributed by atoms with Crippen molar-refractivity contribution in [3.63, 3.8) is 0 Å². The van der Waals surface area contributed by atoms with E-state index in [9.17, 15) is 19.5 Å². The number of hydrogen-bond donors (Lipinski definition) is 2. The van der Waals surface area contributed by atoms with Gasteiger partial charge in [-0.15, -0.1) is 0 Å². The molecule has 2 atom stereocenters. The summed E-state index contributed by atoms with van der Waals surface area (Å²) in [7, 11) is 0. The first kappa shape index (κ1) is 29.1. The lowest BCUT2D eigenvalue weighted by molar-refractivity contribution is -0.153. The van der Waals surface area contributed by atoms with Gasteiger partial charge in [0.05, 0.1) is 25.2 Å². The van der Waals surface area contributed by atoms with Gasteiger partial charge in [0.15, 0.2) is 6.04 Å². The third kappa shape index (κ3) is 8.56. The maximum Gasteiger partial charge on any atom is 0.410 e. The van der Waals surface area contributed by atoms with Gasteiger partial charge >= 0.3 is 12.1 Å². The number of aliphatic hydroxyl groups is 1. The predicted octanol–water partition coefficient (Wildman–Crippen LogP) is 3.44. The second-order valence-corrected chi connectivity index (χ2v) is 10.6. The van der Waals surface area contributed by atoms with E-state index in [-0.39, 0.29) is 26.4 Å². The summed E-state index contributed by atoms with van der Waals surface area (Å²) in [6.45, 7) is 5.36. The number of nitrogens with one attached hydrogen (secondary N) is 1. The average molecular weight is 527 g/mol. The van der Waals surface area contributed by atoms with Crippen molar-refractivity contribution in [3.05, 3.63) is 71.8 Å². The van der Waals surface area contributed by atoms with E-state index in [0.717, 1.165) is 11.1 Å². The zero-order valence-corrected chi connectivity index (χ0v) is 22.4. The van der Waals surface area contributed by atoms with Crippen LogP contribution in [0.5, 0.6) is 0 Å². The van der Waals surface area contributed by atoms with Crippen molar-refractivity contribution < 1.29 is 33.7 Å². The molecule has 0 aromatic heterocycles. The maximum absolute atomic E-state index is 13.5. The molecule has 0 radical (unpaired) electrons. The number of carbonyl (C=O) groups is 3. The lowest BCUT2D eigenvalue weighted by Gasteiger charge is -2.41. The molecule has 1 saturated heterocycles. The molecule has 1 unspecified atom stereocenters. The quantitative estimate of drug-likeness (QED) is 0.456. The number of likely N-dealkylation sites (tertiary alicyclic amines) is 1. The van der Waals surface area contributed by atoms with Crippen LogP contribution in [0.2, 0.25) is 0 Å². The molecule has 0 bridgehead atoms. The Morgan fingerprint density at radius 2 is 1.61 bits per heavy atom. The Bertz CT molecular complexity index is 1060. The summed E-state index contributed by atoms with van der Waals surface area (Å²) < 4.78 is 16.7. The van der Waals surface area contributed by atoms with Crippen LogP contribution in [0.25, 0.3) is 0 Å². The highest BCUT2D eigenvalue weighted by molar-refractivity contribution is 5.89. The second-order valence-electron chi connectivity index (χ2n) is 10.6. The number of piperidine rings is 1. The number of carbonyl (C=O) groups excluding carboxylic acids is 3. The van der Waals surface area contributed by atoms with E-state index in [1.807, 2.05) is 60.7 Å². The number of benzene rings is 2. The van der Waals surface area contributed by atoms with E-state index in [1.165, 1.54) is 4.90 Å². The van der Waals surface area contributed by atoms with Crippen molar-refractivity contribution in [1.29, 1.82) is 0 Å². The molecule has 1 heterocycles. The normalized spacial score (nSPS) is 18.4. The molecule has 38 heavy (non-hydrogen) atoms. The Hall–Kier alpha value is -3.43. The third-order valence-corrected chi connectivity index (χ3v) is 6.22. The standard InChI is InChI=1S/C29H38N2O7/c1-28(2,3)38-27(35)31-16-10-15-29(20-31,21-32)26(34)30-24(19-36-17-22-11-6-4-7-12-22)25(33)37-18-23-13-8-5-9-14-23/h4-9,11-14,24,32H,10,15-21H2,1-3H3,(H,30,34)/t24-,29?/m0/s1. The Balaban J connectivity index is 1.69. The molecule has 2 aromatic carbocycles. The minimum absolute atomic E-state index is 0.0269. The van der Waals surface area contributed by atoms with Crippen LogP contribution in [0.3, 0.4) is 0 Å². The van der Waals surface area contributed by atoms with Crippen molar-refractivity contribution in [1.82, 2.24) is 10.2 Å². The first-order chi connectivity index (χ1) is 18.1. The number of aliphatic hydroxyl groups excluding tert-OH is 1. The van der Waals surface area contributed by atoms with Crippen molar-refractivity contribution >= 4 is 18.0 Å². The van der Waals surface area contributed by atoms with Gasteiger partial charge < -0.3 is 29.5 Å². The molecule has 0 aliphatic carbocycles. The summed E-state index contributed by atoms with van der Waals surface area (Å²) in [4.78, 5) is 40.6. The second kappa shape index (κ2) is 13.4. The molecule has 206 valence electrons. The molecular formula is C29H38N2O7. The highest BCUT2D eigenvalue weighted by Gasteiger charge is 2.45. The minimum atomic E-state index is -1.29. The van der Waals surface area contributed by atoms with E-state index in [1.54, 1.807) is 20.8 Å². The Morgan fingerprint density at radius 3 is 2.18 bits per heavy atom. The molecule has 9 heteroatoms. The van der Waals surface area contributed by atoms with Crippen LogP contribution in [0.1, 0.15) is 44.7 Å². The molecule has 0 saturated carbocycles. The molecule has 2 amide bonds. The number of esters is 1. The van der Waals surface area contributed by atoms with E-state index in [2.05, 4.69) is 5.32 Å². The topological polar surface area (TPSA) is 114 Å². The van der Waals surface area contributed by atoms with E-state index < -0.39 is 41.6 Å². The summed E-state index contributed by atoms with van der Waals surface area (Å²) in [6, 6.07) is 17.6. The first-order valence-electron chi connectivity index (χ1n) is 12.8. The fourth-order valence-corrected chi connectivity index (χ4v) is 4.18. The zero-order chi connectivity index (χ0) is 27.6. The van der Waals surface area contributed by atoms with Gasteiger partial charge in [0.2, 0.25) is 5.91 Å². The zero-order valence-electron chi connectivity index (χ0n) is 22.4. The smallest absolute Gasteiger partial charge is 0.410 e. The summed E-state index contributed by atoms with van der Waals surface area (Å²) >= 11 is 0. The van der Waals surface area contributed by atoms with Crippen LogP contribution in [0.4, 0.5) is 4.79 Å². The van der Waals surface area contributed by atoms with Crippen LogP contribution in [-0.4, -0.2) is 65.9 Å². The Morgan fingerprint density at radius 1 is 1.00 bits per heavy atom. The van der Waals surface area contributed by atoms with Crippen LogP contribution < -0.4 is 5.32 Å². The van der Waals surface area contributed by atoms with Gasteiger partial charge in [-0.05, 0) is 44.7 Å². The molecule has 1 aliphatic heterocycles. The lowest BCUT2D eigenvalue weighted by Crippen LogP contribution is -2.58. The van der Waals surface area contributed by atoms with Crippen molar-refractivity contribution in [2.24, 2.45) is 5.41 Å². The summed E-state index contributed by atoms with van der Waals surface area (Å²) in [5.41, 5.74) is -0.250. The van der Waals surface area contributed by atoms with Gasteiger partial charge in [0, 0.05) is 13.1 Å². The van der Waals surface area contributed by atoms with Gasteiger partial charge in [-0.25, -0.2) is 9.59 Å². The number of ether oxygens (including phenoxy) is 3. The molecular weight excluding hydrogens is 488 g/mol. The molecule has 9 nitrogen and oxygen atoms in total. The van der Waals surface area contributed by atoms with E-state index in [4.69, 9.17) is 14.2 Å². The number of hydrogen-bond acceptors (Lipinski definition) is 7. The largest absolute Gasteiger partial charge is 0.459 e. The number of rotatable bonds is 10. The molecule has 2 N–H and O–H groups in total. The van der Waals surface area contributed by atoms with Crippen molar-refractivity contribution in [2.75, 3.05) is 26.3 Å². The summed E-state index contributed by atoms with van der Waals surface area (Å²) in [5.74, 6) is -1.19. The van der Waals surface area contributed by atoms with Gasteiger partial charge in [-0.2, -0.15) is 0 Å². The molecule has 0 spiro atoms. The lowest BCUT2D eigenvalue weighted by atomic mass is 9.79. The highest BCUT2D eigenvalue weighted by Crippen LogP contribution is 2.31. The van der Waals surface area contributed by atoms with Crippen LogP contribution in [0.15, 0.2) is 60.7 Å². The van der Waals surface area contributed by atoms with Crippen LogP contribution in [-0.2, 0) is 37.0 Å². The highest BCUT2D eigenvalue weighted by atomic mass is 16.6. The van der Waals surface area contributed by atoms with Crippen LogP contribution in [0, 0.1) is 5.41 Å². The van der Waals surface area contributed by atoms with Crippen molar-refractivity contribution in [2.45, 2.75) is 58.5 Å². The third-order valence-electron chi connectivity index (χ3n) is 6.22. The molecule has 1 fully saturated rings. The molecule has 3 rings (SSSR count). The first-order valence-corrected chi connectivity index (χ1v) is 12.8. The van der Waals surface area contributed by atoms with Crippen LogP contribution >= 0.6 is 0 Å². The number of nitrogens with zero attached hydrogens (tertiary/aromatic N) is 1. The minimum Gasteiger partial charge on any atom is -0.459 e. The molecule has 2 aromatic rings. The number of amides is 2. The Kier molecular flexibility index (Phi) is 10.3.